The Balaban J connectivity index is 2.02. The Morgan fingerprint density at radius 2 is 1.57 bits per heavy atom. The van der Waals surface area contributed by atoms with Crippen molar-refractivity contribution in [3.63, 3.8) is 0 Å². The van der Waals surface area contributed by atoms with E-state index in [1.54, 1.807) is 19.2 Å². The van der Waals surface area contributed by atoms with Gasteiger partial charge in [0, 0.05) is 19.3 Å². The number of alkyl halides is 2. The molecule has 0 saturated heterocycles. The van der Waals surface area contributed by atoms with Crippen LogP contribution in [-0.4, -0.2) is 53.3 Å². The molecule has 1 N–H and O–H groups in total. The van der Waals surface area contributed by atoms with Gasteiger partial charge in [-0.05, 0) is 24.3 Å². The molecule has 0 unspecified atom stereocenters. The summed E-state index contributed by atoms with van der Waals surface area (Å²) in [5, 5.41) is 3.11. The lowest BCUT2D eigenvalue weighted by Gasteiger charge is -2.09. The van der Waals surface area contributed by atoms with E-state index < -0.39 is 6.61 Å². The smallest absolute Gasteiger partial charge is 0.387 e. The highest BCUT2D eigenvalue weighted by atomic mass is 19.3. The molecule has 0 aliphatic rings. The largest absolute Gasteiger partial charge is 0.435 e. The molecule has 1 aromatic rings. The molecule has 0 radical (unpaired) electrons. The van der Waals surface area contributed by atoms with E-state index in [2.05, 4.69) is 10.1 Å². The van der Waals surface area contributed by atoms with Gasteiger partial charge in [-0.3, -0.25) is 0 Å². The fraction of sp³-hybridized carbons (Fsp3) is 0.571. The first-order valence-corrected chi connectivity index (χ1v) is 6.65. The molecule has 0 amide bonds. The van der Waals surface area contributed by atoms with Gasteiger partial charge in [0.2, 0.25) is 0 Å². The molecule has 0 bridgehead atoms. The van der Waals surface area contributed by atoms with Crippen molar-refractivity contribution in [2.75, 3.05) is 52.0 Å². The second-order valence-corrected chi connectivity index (χ2v) is 4.05. The van der Waals surface area contributed by atoms with E-state index in [-0.39, 0.29) is 5.75 Å². The molecule has 0 atom stereocenters. The van der Waals surface area contributed by atoms with Crippen molar-refractivity contribution in [2.24, 2.45) is 0 Å². The second kappa shape index (κ2) is 11.2. The summed E-state index contributed by atoms with van der Waals surface area (Å²) >= 11 is 0. The van der Waals surface area contributed by atoms with E-state index in [0.29, 0.717) is 39.6 Å². The summed E-state index contributed by atoms with van der Waals surface area (Å²) < 4.78 is 43.6. The summed E-state index contributed by atoms with van der Waals surface area (Å²) in [6.07, 6.45) is 0. The Hall–Kier alpha value is -1.44. The fourth-order valence-electron chi connectivity index (χ4n) is 1.49. The Kier molecular flexibility index (Phi) is 9.43. The molecule has 7 heteroatoms. The zero-order valence-electron chi connectivity index (χ0n) is 12.0. The standard InChI is InChI=1S/C14H21F2NO4/c1-18-8-9-20-11-10-19-7-6-17-12-2-4-13(5-3-12)21-14(15)16/h2-5,14,17H,6-11H2,1H3. The number of hydrogen-bond acceptors (Lipinski definition) is 5. The number of anilines is 1. The lowest BCUT2D eigenvalue weighted by molar-refractivity contribution is -0.0498. The third-order valence-electron chi connectivity index (χ3n) is 2.46. The van der Waals surface area contributed by atoms with Crippen LogP contribution in [-0.2, 0) is 14.2 Å². The van der Waals surface area contributed by atoms with Crippen LogP contribution in [0.5, 0.6) is 5.75 Å². The fourth-order valence-corrected chi connectivity index (χ4v) is 1.49. The maximum atomic E-state index is 12.0. The predicted octanol–water partition coefficient (Wildman–Crippen LogP) is 2.38. The van der Waals surface area contributed by atoms with Gasteiger partial charge in [-0.25, -0.2) is 0 Å². The van der Waals surface area contributed by atoms with Crippen LogP contribution in [0.2, 0.25) is 0 Å². The molecule has 1 aromatic carbocycles. The first-order chi connectivity index (χ1) is 10.2. The van der Waals surface area contributed by atoms with E-state index in [1.807, 2.05) is 0 Å². The summed E-state index contributed by atoms with van der Waals surface area (Å²) in [4.78, 5) is 0. The van der Waals surface area contributed by atoms with E-state index in [4.69, 9.17) is 14.2 Å². The van der Waals surface area contributed by atoms with E-state index >= 15 is 0 Å². The number of halogens is 2. The van der Waals surface area contributed by atoms with Crippen molar-refractivity contribution in [3.05, 3.63) is 24.3 Å². The van der Waals surface area contributed by atoms with Crippen molar-refractivity contribution < 1.29 is 27.7 Å². The summed E-state index contributed by atoms with van der Waals surface area (Å²) in [7, 11) is 1.62. The van der Waals surface area contributed by atoms with Gasteiger partial charge >= 0.3 is 6.61 Å². The van der Waals surface area contributed by atoms with Crippen molar-refractivity contribution in [3.8, 4) is 5.75 Å². The van der Waals surface area contributed by atoms with Gasteiger partial charge in [0.05, 0.1) is 33.0 Å². The number of ether oxygens (including phenoxy) is 4. The number of hydrogen-bond donors (Lipinski definition) is 1. The molecule has 0 saturated carbocycles. The Labute approximate surface area is 123 Å². The molecule has 0 aliphatic heterocycles. The second-order valence-electron chi connectivity index (χ2n) is 4.05. The summed E-state index contributed by atoms with van der Waals surface area (Å²) in [6, 6.07) is 6.31. The van der Waals surface area contributed by atoms with Crippen LogP contribution in [0.4, 0.5) is 14.5 Å². The molecular weight excluding hydrogens is 284 g/mol. The molecule has 21 heavy (non-hydrogen) atoms. The zero-order valence-corrected chi connectivity index (χ0v) is 12.0. The van der Waals surface area contributed by atoms with Crippen LogP contribution >= 0.6 is 0 Å². The van der Waals surface area contributed by atoms with Gasteiger partial charge in [-0.2, -0.15) is 8.78 Å². The number of methoxy groups -OCH3 is 1. The minimum atomic E-state index is -2.80. The normalized spacial score (nSPS) is 10.9. The molecule has 5 nitrogen and oxygen atoms in total. The maximum Gasteiger partial charge on any atom is 0.387 e. The quantitative estimate of drug-likeness (QED) is 0.601. The lowest BCUT2D eigenvalue weighted by Crippen LogP contribution is -2.13. The summed E-state index contributed by atoms with van der Waals surface area (Å²) in [5.41, 5.74) is 0.816. The van der Waals surface area contributed by atoms with E-state index in [1.165, 1.54) is 12.1 Å². The van der Waals surface area contributed by atoms with Gasteiger partial charge in [0.15, 0.2) is 0 Å². The average Bonchev–Trinajstić information content (AvgIpc) is 2.47. The average molecular weight is 305 g/mol. The monoisotopic (exact) mass is 305 g/mol. The van der Waals surface area contributed by atoms with Gasteiger partial charge in [0.1, 0.15) is 5.75 Å². The first-order valence-electron chi connectivity index (χ1n) is 6.65. The number of benzene rings is 1. The topological polar surface area (TPSA) is 49.0 Å². The van der Waals surface area contributed by atoms with Crippen molar-refractivity contribution in [1.29, 1.82) is 0 Å². The third-order valence-corrected chi connectivity index (χ3v) is 2.46. The number of rotatable bonds is 12. The lowest BCUT2D eigenvalue weighted by atomic mass is 10.3. The zero-order chi connectivity index (χ0) is 15.3. The van der Waals surface area contributed by atoms with Crippen molar-refractivity contribution in [2.45, 2.75) is 6.61 Å². The molecule has 0 fully saturated rings. The van der Waals surface area contributed by atoms with Crippen LogP contribution in [0.15, 0.2) is 24.3 Å². The van der Waals surface area contributed by atoms with Crippen molar-refractivity contribution in [1.82, 2.24) is 0 Å². The molecule has 1 rings (SSSR count). The minimum absolute atomic E-state index is 0.139. The van der Waals surface area contributed by atoms with Gasteiger partial charge < -0.3 is 24.3 Å². The highest BCUT2D eigenvalue weighted by Crippen LogP contribution is 2.17. The Morgan fingerprint density at radius 1 is 0.952 bits per heavy atom. The molecule has 0 aliphatic carbocycles. The van der Waals surface area contributed by atoms with Crippen LogP contribution in [0.1, 0.15) is 0 Å². The minimum Gasteiger partial charge on any atom is -0.435 e. The highest BCUT2D eigenvalue weighted by molar-refractivity contribution is 5.46. The molecular formula is C14H21F2NO4. The Morgan fingerprint density at radius 3 is 2.19 bits per heavy atom. The van der Waals surface area contributed by atoms with Gasteiger partial charge in [-0.15, -0.1) is 0 Å². The van der Waals surface area contributed by atoms with Crippen LogP contribution in [0.25, 0.3) is 0 Å². The van der Waals surface area contributed by atoms with Gasteiger partial charge in [0.25, 0.3) is 0 Å². The summed E-state index contributed by atoms with van der Waals surface area (Å²) in [5.74, 6) is 0.139. The molecule has 0 spiro atoms. The SMILES string of the molecule is COCCOCCOCCNc1ccc(OC(F)F)cc1. The van der Waals surface area contributed by atoms with Crippen LogP contribution < -0.4 is 10.1 Å². The van der Waals surface area contributed by atoms with E-state index in [9.17, 15) is 8.78 Å². The first kappa shape index (κ1) is 17.6. The molecule has 120 valence electrons. The molecule has 0 aromatic heterocycles. The Bertz CT molecular complexity index is 362. The van der Waals surface area contributed by atoms with Crippen LogP contribution in [0, 0.1) is 0 Å². The summed E-state index contributed by atoms with van der Waals surface area (Å²) in [6.45, 7) is 0.534. The maximum absolute atomic E-state index is 12.0. The molecule has 0 heterocycles. The van der Waals surface area contributed by atoms with Crippen LogP contribution in [0.3, 0.4) is 0 Å². The van der Waals surface area contributed by atoms with Crippen molar-refractivity contribution >= 4 is 5.69 Å². The van der Waals surface area contributed by atoms with E-state index in [0.717, 1.165) is 5.69 Å². The third kappa shape index (κ3) is 9.17. The van der Waals surface area contributed by atoms with Gasteiger partial charge in [-0.1, -0.05) is 0 Å². The highest BCUT2D eigenvalue weighted by Gasteiger charge is 2.03. The number of nitrogens with one attached hydrogen (secondary N) is 1. The predicted molar refractivity (Wildman–Crippen MR) is 75.1 cm³/mol.